The van der Waals surface area contributed by atoms with E-state index in [0.29, 0.717) is 12.8 Å². The Hall–Kier alpha value is -1.22. The number of aliphatic hydroxyl groups excluding tert-OH is 2. The SMILES string of the molecule is CCCCCCC/C=C/CC/C=C/C(O)C(CS(=O)(=O)O)NC(=O)C(O)CCCCCCCCCCCCCCCCCCCCC. The first-order chi connectivity index (χ1) is 22.7. The number of amides is 1. The van der Waals surface area contributed by atoms with Crippen molar-refractivity contribution in [1.82, 2.24) is 5.32 Å². The molecule has 0 spiro atoms. The van der Waals surface area contributed by atoms with E-state index in [0.717, 1.165) is 32.1 Å². The van der Waals surface area contributed by atoms with Crippen LogP contribution in [0.4, 0.5) is 0 Å². The van der Waals surface area contributed by atoms with Crippen LogP contribution in [0.5, 0.6) is 0 Å². The summed E-state index contributed by atoms with van der Waals surface area (Å²) in [5, 5.41) is 23.3. The third-order valence-electron chi connectivity index (χ3n) is 8.99. The average Bonchev–Trinajstić information content (AvgIpc) is 3.03. The lowest BCUT2D eigenvalue weighted by Crippen LogP contribution is -2.50. The minimum absolute atomic E-state index is 0.278. The van der Waals surface area contributed by atoms with Gasteiger partial charge >= 0.3 is 0 Å². The predicted molar refractivity (Wildman–Crippen MR) is 199 cm³/mol. The highest BCUT2D eigenvalue weighted by Gasteiger charge is 2.27. The third-order valence-corrected chi connectivity index (χ3v) is 9.77. The van der Waals surface area contributed by atoms with Crippen LogP contribution in [-0.4, -0.2) is 53.1 Å². The molecule has 0 aliphatic carbocycles. The standard InChI is InChI=1S/C39H75NO6S/c1-3-5-7-9-11-13-15-16-17-18-19-20-21-22-24-26-28-30-32-34-38(42)39(43)40-36(35-47(44,45)46)37(41)33-31-29-27-25-23-14-12-10-8-6-4-2/h23,25,31,33,36-38,41-42H,3-22,24,26-30,32,34-35H2,1-2H3,(H,40,43)(H,44,45,46)/b25-23+,33-31+. The van der Waals surface area contributed by atoms with Crippen LogP contribution in [-0.2, 0) is 14.9 Å². The van der Waals surface area contributed by atoms with Crippen LogP contribution < -0.4 is 5.32 Å². The lowest BCUT2D eigenvalue weighted by atomic mass is 10.0. The predicted octanol–water partition coefficient (Wildman–Crippen LogP) is 10.2. The number of unbranched alkanes of at least 4 members (excludes halogenated alkanes) is 24. The van der Waals surface area contributed by atoms with E-state index in [1.807, 2.05) is 0 Å². The smallest absolute Gasteiger partial charge is 0.267 e. The van der Waals surface area contributed by atoms with Crippen LogP contribution in [0.1, 0.15) is 194 Å². The minimum atomic E-state index is -4.44. The molecular weight excluding hydrogens is 610 g/mol. The van der Waals surface area contributed by atoms with E-state index in [4.69, 9.17) is 0 Å². The van der Waals surface area contributed by atoms with Gasteiger partial charge in [-0.2, -0.15) is 8.42 Å². The molecule has 1 amide bonds. The van der Waals surface area contributed by atoms with Crippen molar-refractivity contribution >= 4 is 16.0 Å². The number of aliphatic hydroxyl groups is 2. The maximum Gasteiger partial charge on any atom is 0.267 e. The number of carbonyl (C=O) groups is 1. The molecule has 0 bridgehead atoms. The van der Waals surface area contributed by atoms with E-state index in [1.54, 1.807) is 6.08 Å². The highest BCUT2D eigenvalue weighted by Crippen LogP contribution is 2.15. The first kappa shape index (κ1) is 45.8. The Labute approximate surface area is 290 Å². The van der Waals surface area contributed by atoms with Gasteiger partial charge in [-0.1, -0.05) is 186 Å². The summed E-state index contributed by atoms with van der Waals surface area (Å²) < 4.78 is 32.4. The number of allylic oxidation sites excluding steroid dienone is 3. The largest absolute Gasteiger partial charge is 0.387 e. The second kappa shape index (κ2) is 33.3. The molecule has 0 aromatic carbocycles. The van der Waals surface area contributed by atoms with Crippen LogP contribution in [0.25, 0.3) is 0 Å². The molecular formula is C39H75NO6S. The zero-order valence-corrected chi connectivity index (χ0v) is 31.3. The second-order valence-electron chi connectivity index (χ2n) is 13.7. The molecule has 0 aromatic heterocycles. The number of carbonyl (C=O) groups excluding carboxylic acids is 1. The fourth-order valence-electron chi connectivity index (χ4n) is 5.94. The molecule has 0 heterocycles. The fraction of sp³-hybridized carbons (Fsp3) is 0.872. The molecule has 8 heteroatoms. The summed E-state index contributed by atoms with van der Waals surface area (Å²) in [6.07, 6.45) is 38.2. The van der Waals surface area contributed by atoms with Gasteiger partial charge in [0, 0.05) is 0 Å². The molecule has 278 valence electrons. The lowest BCUT2D eigenvalue weighted by molar-refractivity contribution is -0.130. The molecule has 0 aliphatic heterocycles. The van der Waals surface area contributed by atoms with Gasteiger partial charge in [-0.3, -0.25) is 9.35 Å². The van der Waals surface area contributed by atoms with Crippen molar-refractivity contribution in [2.24, 2.45) is 0 Å². The third kappa shape index (κ3) is 33.1. The van der Waals surface area contributed by atoms with Gasteiger partial charge in [0.2, 0.25) is 5.91 Å². The summed E-state index contributed by atoms with van der Waals surface area (Å²) in [4.78, 5) is 12.5. The van der Waals surface area contributed by atoms with Crippen molar-refractivity contribution < 1.29 is 28.0 Å². The Morgan fingerprint density at radius 2 is 0.957 bits per heavy atom. The van der Waals surface area contributed by atoms with E-state index >= 15 is 0 Å². The average molecular weight is 686 g/mol. The highest BCUT2D eigenvalue weighted by atomic mass is 32.2. The molecule has 0 rings (SSSR count). The molecule has 0 saturated carbocycles. The Bertz CT molecular complexity index is 860. The monoisotopic (exact) mass is 686 g/mol. The van der Waals surface area contributed by atoms with Crippen molar-refractivity contribution in [2.45, 2.75) is 212 Å². The maximum absolute atomic E-state index is 12.5. The van der Waals surface area contributed by atoms with Gasteiger partial charge in [0.1, 0.15) is 6.10 Å². The highest BCUT2D eigenvalue weighted by molar-refractivity contribution is 7.85. The zero-order valence-electron chi connectivity index (χ0n) is 30.5. The molecule has 0 saturated heterocycles. The normalized spacial score (nSPS) is 14.2. The quantitative estimate of drug-likeness (QED) is 0.0299. The van der Waals surface area contributed by atoms with Crippen LogP contribution in [0.15, 0.2) is 24.3 Å². The molecule has 7 nitrogen and oxygen atoms in total. The lowest BCUT2D eigenvalue weighted by Gasteiger charge is -2.22. The number of nitrogens with one attached hydrogen (secondary N) is 1. The van der Waals surface area contributed by atoms with Gasteiger partial charge in [0.25, 0.3) is 10.1 Å². The van der Waals surface area contributed by atoms with Gasteiger partial charge < -0.3 is 15.5 Å². The van der Waals surface area contributed by atoms with Crippen molar-refractivity contribution in [3.8, 4) is 0 Å². The minimum Gasteiger partial charge on any atom is -0.387 e. The Kier molecular flexibility index (Phi) is 32.4. The fourth-order valence-corrected chi connectivity index (χ4v) is 6.68. The number of hydrogen-bond acceptors (Lipinski definition) is 5. The first-order valence-corrected chi connectivity index (χ1v) is 21.3. The molecule has 3 atom stereocenters. The molecule has 0 aliphatic rings. The molecule has 0 radical (unpaired) electrons. The van der Waals surface area contributed by atoms with Gasteiger partial charge in [0.15, 0.2) is 0 Å². The van der Waals surface area contributed by atoms with Crippen molar-refractivity contribution in [3.05, 3.63) is 24.3 Å². The van der Waals surface area contributed by atoms with E-state index in [9.17, 15) is 28.0 Å². The topological polar surface area (TPSA) is 124 Å². The first-order valence-electron chi connectivity index (χ1n) is 19.6. The molecule has 4 N–H and O–H groups in total. The van der Waals surface area contributed by atoms with Gasteiger partial charge in [0.05, 0.1) is 17.9 Å². The van der Waals surface area contributed by atoms with E-state index in [1.165, 1.54) is 134 Å². The van der Waals surface area contributed by atoms with Gasteiger partial charge in [-0.05, 0) is 32.1 Å². The Morgan fingerprint density at radius 3 is 1.40 bits per heavy atom. The summed E-state index contributed by atoms with van der Waals surface area (Å²) in [6.45, 7) is 4.47. The number of rotatable bonds is 35. The summed E-state index contributed by atoms with van der Waals surface area (Å²) in [5.41, 5.74) is 0. The van der Waals surface area contributed by atoms with Crippen LogP contribution >= 0.6 is 0 Å². The van der Waals surface area contributed by atoms with E-state index in [2.05, 4.69) is 31.3 Å². The molecule has 3 unspecified atom stereocenters. The van der Waals surface area contributed by atoms with Crippen LogP contribution in [0, 0.1) is 0 Å². The zero-order chi connectivity index (χ0) is 34.9. The summed E-state index contributed by atoms with van der Waals surface area (Å²) in [5.74, 6) is -1.55. The second-order valence-corrected chi connectivity index (χ2v) is 15.2. The van der Waals surface area contributed by atoms with Crippen molar-refractivity contribution in [2.75, 3.05) is 5.75 Å². The van der Waals surface area contributed by atoms with Crippen molar-refractivity contribution in [1.29, 1.82) is 0 Å². The number of hydrogen-bond donors (Lipinski definition) is 4. The van der Waals surface area contributed by atoms with Crippen LogP contribution in [0.2, 0.25) is 0 Å². The maximum atomic E-state index is 12.5. The Balaban J connectivity index is 4.00. The Morgan fingerprint density at radius 1 is 0.574 bits per heavy atom. The van der Waals surface area contributed by atoms with Crippen LogP contribution in [0.3, 0.4) is 0 Å². The summed E-state index contributed by atoms with van der Waals surface area (Å²) in [6, 6.07) is -1.24. The molecule has 0 fully saturated rings. The van der Waals surface area contributed by atoms with E-state index < -0.39 is 40.0 Å². The van der Waals surface area contributed by atoms with Crippen molar-refractivity contribution in [3.63, 3.8) is 0 Å². The van der Waals surface area contributed by atoms with Gasteiger partial charge in [-0.25, -0.2) is 0 Å². The van der Waals surface area contributed by atoms with Gasteiger partial charge in [-0.15, -0.1) is 0 Å². The van der Waals surface area contributed by atoms with E-state index in [-0.39, 0.29) is 6.42 Å². The summed E-state index contributed by atoms with van der Waals surface area (Å²) in [7, 11) is -4.44. The summed E-state index contributed by atoms with van der Waals surface area (Å²) >= 11 is 0. The molecule has 47 heavy (non-hydrogen) atoms. The molecule has 0 aromatic rings.